The summed E-state index contributed by atoms with van der Waals surface area (Å²) in [5.74, 6) is 0.562. The highest BCUT2D eigenvalue weighted by Crippen LogP contribution is 2.33. The quantitative estimate of drug-likeness (QED) is 0.610. The van der Waals surface area contributed by atoms with Crippen molar-refractivity contribution in [1.29, 1.82) is 0 Å². The largest absolute Gasteiger partial charge is 0.433 e. The number of carbonyl (C=O) groups is 1. The lowest BCUT2D eigenvalue weighted by atomic mass is 10.1. The van der Waals surface area contributed by atoms with E-state index in [2.05, 4.69) is 10.1 Å². The fourth-order valence-electron chi connectivity index (χ4n) is 3.41. The molecular formula is C19H16ClF3N4O. The van der Waals surface area contributed by atoms with Gasteiger partial charge >= 0.3 is 6.18 Å². The minimum atomic E-state index is -4.55. The molecule has 0 N–H and O–H groups in total. The number of rotatable bonds is 4. The molecule has 3 aromatic rings. The van der Waals surface area contributed by atoms with E-state index >= 15 is 0 Å². The molecule has 3 heterocycles. The van der Waals surface area contributed by atoms with Crippen molar-refractivity contribution in [2.45, 2.75) is 25.4 Å². The first kappa shape index (κ1) is 18.7. The predicted octanol–water partition coefficient (Wildman–Crippen LogP) is 4.11. The number of halogens is 4. The summed E-state index contributed by atoms with van der Waals surface area (Å²) in [5, 5.41) is 4.14. The molecule has 0 aliphatic carbocycles. The monoisotopic (exact) mass is 408 g/mol. The number of likely N-dealkylation sites (N-methyl/N-ethyl adjacent to an activating group) is 1. The maximum Gasteiger partial charge on any atom is 0.433 e. The summed E-state index contributed by atoms with van der Waals surface area (Å²) in [6.07, 6.45) is -3.17. The lowest BCUT2D eigenvalue weighted by molar-refractivity contribution is -0.142. The smallest absolute Gasteiger partial charge is 0.315 e. The number of anilines is 1. The van der Waals surface area contributed by atoms with Crippen LogP contribution in [0.1, 0.15) is 23.2 Å². The molecule has 28 heavy (non-hydrogen) atoms. The Balaban J connectivity index is 1.85. The number of nitrogens with zero attached hydrogens (tertiary/aromatic N) is 4. The fraction of sp³-hybridized carbons (Fsp3) is 0.316. The summed E-state index contributed by atoms with van der Waals surface area (Å²) in [6.45, 7) is 0. The average molecular weight is 409 g/mol. The minimum Gasteiger partial charge on any atom is -0.315 e. The number of amides is 1. The van der Waals surface area contributed by atoms with E-state index in [1.54, 1.807) is 30.1 Å². The number of alkyl halides is 4. The molecule has 2 aromatic heterocycles. The van der Waals surface area contributed by atoms with Gasteiger partial charge < -0.3 is 4.90 Å². The van der Waals surface area contributed by atoms with Crippen LogP contribution in [-0.4, -0.2) is 33.4 Å². The molecule has 146 valence electrons. The molecule has 0 saturated carbocycles. The molecule has 1 aliphatic rings. The van der Waals surface area contributed by atoms with Crippen LogP contribution >= 0.6 is 11.6 Å². The number of pyridine rings is 1. The molecule has 0 spiro atoms. The Hall–Kier alpha value is -2.61. The predicted molar refractivity (Wildman–Crippen MR) is 99.6 cm³/mol. The lowest BCUT2D eigenvalue weighted by Crippen LogP contribution is -2.20. The van der Waals surface area contributed by atoms with E-state index in [9.17, 15) is 18.0 Å². The van der Waals surface area contributed by atoms with Gasteiger partial charge in [0.15, 0.2) is 11.5 Å². The van der Waals surface area contributed by atoms with Crippen molar-refractivity contribution in [3.05, 3.63) is 47.2 Å². The number of benzene rings is 1. The zero-order valence-corrected chi connectivity index (χ0v) is 15.7. The average Bonchev–Trinajstić information content (AvgIpc) is 3.20. The van der Waals surface area contributed by atoms with E-state index < -0.39 is 11.9 Å². The molecule has 1 amide bonds. The van der Waals surface area contributed by atoms with Gasteiger partial charge in [-0.15, -0.1) is 16.7 Å². The molecule has 9 heteroatoms. The lowest BCUT2D eigenvalue weighted by Gasteiger charge is -2.10. The van der Waals surface area contributed by atoms with E-state index in [1.165, 1.54) is 6.07 Å². The third-order valence-corrected chi connectivity index (χ3v) is 5.12. The Kier molecular flexibility index (Phi) is 4.53. The first-order chi connectivity index (χ1) is 13.3. The van der Waals surface area contributed by atoms with Crippen LogP contribution in [0.2, 0.25) is 0 Å². The second-order valence-corrected chi connectivity index (χ2v) is 7.06. The molecule has 0 saturated heterocycles. The number of hydrogen-bond acceptors (Lipinski definition) is 3. The van der Waals surface area contributed by atoms with Crippen LogP contribution in [0.15, 0.2) is 30.3 Å². The maximum atomic E-state index is 13.4. The van der Waals surface area contributed by atoms with Gasteiger partial charge in [0.1, 0.15) is 5.69 Å². The SMILES string of the molecule is CN1C(=O)Cc2cc(-c3nc4c(CCCCl)ccc(C(F)(F)F)n4n3)ccc21. The van der Waals surface area contributed by atoms with Gasteiger partial charge in [-0.1, -0.05) is 6.07 Å². The second-order valence-electron chi connectivity index (χ2n) is 6.68. The summed E-state index contributed by atoms with van der Waals surface area (Å²) in [5.41, 5.74) is 2.11. The van der Waals surface area contributed by atoms with Crippen molar-refractivity contribution in [3.8, 4) is 11.4 Å². The first-order valence-electron chi connectivity index (χ1n) is 8.71. The summed E-state index contributed by atoms with van der Waals surface area (Å²) in [4.78, 5) is 17.8. The Labute approximate surface area is 163 Å². The molecule has 0 atom stereocenters. The van der Waals surface area contributed by atoms with E-state index in [0.29, 0.717) is 29.8 Å². The Bertz CT molecular complexity index is 1080. The van der Waals surface area contributed by atoms with Gasteiger partial charge in [0.05, 0.1) is 6.42 Å². The number of hydrogen-bond donors (Lipinski definition) is 0. The summed E-state index contributed by atoms with van der Waals surface area (Å²) in [6, 6.07) is 7.69. The van der Waals surface area contributed by atoms with Gasteiger partial charge in [-0.3, -0.25) is 4.79 Å². The first-order valence-corrected chi connectivity index (χ1v) is 9.24. The zero-order chi connectivity index (χ0) is 20.1. The number of aromatic nitrogens is 3. The number of carbonyl (C=O) groups excluding carboxylic acids is 1. The third-order valence-electron chi connectivity index (χ3n) is 4.85. The molecule has 0 radical (unpaired) electrons. The minimum absolute atomic E-state index is 0.0298. The van der Waals surface area contributed by atoms with Crippen molar-refractivity contribution in [2.75, 3.05) is 17.8 Å². The van der Waals surface area contributed by atoms with Gasteiger partial charge in [-0.05, 0) is 48.2 Å². The van der Waals surface area contributed by atoms with Crippen molar-refractivity contribution >= 4 is 28.8 Å². The topological polar surface area (TPSA) is 50.5 Å². The molecule has 0 bridgehead atoms. The summed E-state index contributed by atoms with van der Waals surface area (Å²) >= 11 is 5.73. The Morgan fingerprint density at radius 2 is 2.00 bits per heavy atom. The fourth-order valence-corrected chi connectivity index (χ4v) is 3.54. The van der Waals surface area contributed by atoms with Crippen LogP contribution in [0.3, 0.4) is 0 Å². The molecule has 1 aromatic carbocycles. The molecular weight excluding hydrogens is 393 g/mol. The molecule has 0 unspecified atom stereocenters. The Morgan fingerprint density at radius 3 is 2.71 bits per heavy atom. The molecule has 5 nitrogen and oxygen atoms in total. The van der Waals surface area contributed by atoms with E-state index in [4.69, 9.17) is 11.6 Å². The van der Waals surface area contributed by atoms with Crippen molar-refractivity contribution in [2.24, 2.45) is 0 Å². The van der Waals surface area contributed by atoms with Crippen molar-refractivity contribution in [1.82, 2.24) is 14.6 Å². The highest BCUT2D eigenvalue weighted by Gasteiger charge is 2.35. The molecule has 4 rings (SSSR count). The maximum absolute atomic E-state index is 13.4. The van der Waals surface area contributed by atoms with Crippen molar-refractivity contribution < 1.29 is 18.0 Å². The zero-order valence-electron chi connectivity index (χ0n) is 14.9. The van der Waals surface area contributed by atoms with E-state index in [-0.39, 0.29) is 23.8 Å². The standard InChI is InChI=1S/C19H16ClF3N4O/c1-26-14-6-4-12(9-13(14)10-16(26)28)17-24-18-11(3-2-8-20)5-7-15(19(21,22)23)27(18)25-17/h4-7,9H,2-3,8,10H2,1H3. The van der Waals surface area contributed by atoms with Gasteiger partial charge in [0.2, 0.25) is 5.91 Å². The molecule has 0 fully saturated rings. The normalized spacial score (nSPS) is 14.2. The number of aryl methyl sites for hydroxylation is 1. The van der Waals surface area contributed by atoms with Crippen molar-refractivity contribution in [3.63, 3.8) is 0 Å². The Morgan fingerprint density at radius 1 is 1.21 bits per heavy atom. The van der Waals surface area contributed by atoms with Crippen LogP contribution in [0, 0.1) is 0 Å². The van der Waals surface area contributed by atoms with Crippen LogP contribution in [-0.2, 0) is 23.8 Å². The third kappa shape index (κ3) is 3.11. The second kappa shape index (κ2) is 6.77. The van der Waals surface area contributed by atoms with Crippen LogP contribution in [0.25, 0.3) is 17.0 Å². The number of fused-ring (bicyclic) bond motifs is 2. The van der Waals surface area contributed by atoms with Gasteiger partial charge in [0, 0.05) is 24.2 Å². The van der Waals surface area contributed by atoms with Gasteiger partial charge in [0.25, 0.3) is 0 Å². The summed E-state index contributed by atoms with van der Waals surface area (Å²) < 4.78 is 41.1. The van der Waals surface area contributed by atoms with Crippen LogP contribution in [0.5, 0.6) is 0 Å². The van der Waals surface area contributed by atoms with Crippen LogP contribution < -0.4 is 4.90 Å². The highest BCUT2D eigenvalue weighted by molar-refractivity contribution is 6.17. The highest BCUT2D eigenvalue weighted by atomic mass is 35.5. The van der Waals surface area contributed by atoms with E-state index in [0.717, 1.165) is 21.8 Å². The molecule has 1 aliphatic heterocycles. The van der Waals surface area contributed by atoms with E-state index in [1.807, 2.05) is 0 Å². The summed E-state index contributed by atoms with van der Waals surface area (Å²) in [7, 11) is 1.69. The van der Waals surface area contributed by atoms with Crippen LogP contribution in [0.4, 0.5) is 18.9 Å². The van der Waals surface area contributed by atoms with Gasteiger partial charge in [-0.25, -0.2) is 9.50 Å². The van der Waals surface area contributed by atoms with Gasteiger partial charge in [-0.2, -0.15) is 13.2 Å².